The number of aliphatic hydroxyl groups is 1. The third-order valence-electron chi connectivity index (χ3n) is 2.08. The molecule has 2 unspecified atom stereocenters. The van der Waals surface area contributed by atoms with Crippen molar-refractivity contribution in [3.05, 3.63) is 0 Å². The zero-order valence-electron chi connectivity index (χ0n) is 8.38. The summed E-state index contributed by atoms with van der Waals surface area (Å²) in [5.41, 5.74) is 0. The Morgan fingerprint density at radius 2 is 1.92 bits per heavy atom. The van der Waals surface area contributed by atoms with E-state index in [9.17, 15) is 5.11 Å². The smallest absolute Gasteiger partial charge is 0.0574 e. The first-order valence-corrected chi connectivity index (χ1v) is 4.69. The van der Waals surface area contributed by atoms with Crippen molar-refractivity contribution in [1.82, 2.24) is 0 Å². The van der Waals surface area contributed by atoms with Gasteiger partial charge in [-0.2, -0.15) is 0 Å². The first kappa shape index (κ1) is 11.5. The Hall–Kier alpha value is -0.480. The molecular formula is C11H20O. The van der Waals surface area contributed by atoms with E-state index in [0.717, 1.165) is 12.8 Å². The second kappa shape index (κ2) is 6.08. The van der Waals surface area contributed by atoms with Gasteiger partial charge in [0, 0.05) is 6.42 Å². The van der Waals surface area contributed by atoms with E-state index in [1.54, 1.807) is 0 Å². The second-order valence-corrected chi connectivity index (χ2v) is 3.92. The molecule has 1 nitrogen and oxygen atoms in total. The van der Waals surface area contributed by atoms with E-state index in [4.69, 9.17) is 6.42 Å². The van der Waals surface area contributed by atoms with Gasteiger partial charge in [0.25, 0.3) is 0 Å². The van der Waals surface area contributed by atoms with E-state index in [2.05, 4.69) is 26.7 Å². The molecule has 0 spiro atoms. The fraction of sp³-hybridized carbons (Fsp3) is 0.818. The molecule has 0 fully saturated rings. The van der Waals surface area contributed by atoms with Crippen molar-refractivity contribution in [2.45, 2.75) is 46.1 Å². The third kappa shape index (κ3) is 5.21. The number of terminal acetylenes is 1. The highest BCUT2D eigenvalue weighted by Crippen LogP contribution is 2.17. The van der Waals surface area contributed by atoms with Gasteiger partial charge in [-0.15, -0.1) is 12.3 Å². The van der Waals surface area contributed by atoms with E-state index in [1.165, 1.54) is 0 Å². The first-order valence-electron chi connectivity index (χ1n) is 4.69. The number of hydrogen-bond acceptors (Lipinski definition) is 1. The van der Waals surface area contributed by atoms with Crippen LogP contribution in [0, 0.1) is 24.2 Å². The second-order valence-electron chi connectivity index (χ2n) is 3.92. The van der Waals surface area contributed by atoms with Crippen molar-refractivity contribution in [3.63, 3.8) is 0 Å². The SMILES string of the molecule is C#CCCC(O)C(C)CC(C)C. The monoisotopic (exact) mass is 168 g/mol. The van der Waals surface area contributed by atoms with Crippen LogP contribution in [-0.4, -0.2) is 11.2 Å². The van der Waals surface area contributed by atoms with E-state index in [0.29, 0.717) is 18.3 Å². The highest BCUT2D eigenvalue weighted by Gasteiger charge is 2.14. The summed E-state index contributed by atoms with van der Waals surface area (Å²) in [7, 11) is 0. The summed E-state index contributed by atoms with van der Waals surface area (Å²) in [6, 6.07) is 0. The van der Waals surface area contributed by atoms with Gasteiger partial charge >= 0.3 is 0 Å². The van der Waals surface area contributed by atoms with E-state index in [1.807, 2.05) is 0 Å². The topological polar surface area (TPSA) is 20.2 Å². The van der Waals surface area contributed by atoms with Crippen LogP contribution in [0.4, 0.5) is 0 Å². The van der Waals surface area contributed by atoms with Crippen LogP contribution in [0.5, 0.6) is 0 Å². The maximum atomic E-state index is 9.60. The van der Waals surface area contributed by atoms with Crippen LogP contribution in [0.2, 0.25) is 0 Å². The fourth-order valence-electron chi connectivity index (χ4n) is 1.42. The molecular weight excluding hydrogens is 148 g/mol. The molecule has 0 saturated heterocycles. The van der Waals surface area contributed by atoms with Gasteiger partial charge in [-0.05, 0) is 24.7 Å². The van der Waals surface area contributed by atoms with Crippen LogP contribution >= 0.6 is 0 Å². The van der Waals surface area contributed by atoms with Crippen LogP contribution in [0.25, 0.3) is 0 Å². The van der Waals surface area contributed by atoms with Gasteiger partial charge < -0.3 is 5.11 Å². The van der Waals surface area contributed by atoms with E-state index in [-0.39, 0.29) is 6.10 Å². The lowest BCUT2D eigenvalue weighted by Gasteiger charge is -2.19. The molecule has 0 amide bonds. The lowest BCUT2D eigenvalue weighted by molar-refractivity contribution is 0.0976. The molecule has 0 aromatic rings. The average Bonchev–Trinajstić information content (AvgIpc) is 1.98. The summed E-state index contributed by atoms with van der Waals surface area (Å²) < 4.78 is 0. The summed E-state index contributed by atoms with van der Waals surface area (Å²) in [5.74, 6) is 3.57. The number of rotatable bonds is 5. The molecule has 0 heterocycles. The average molecular weight is 168 g/mol. The van der Waals surface area contributed by atoms with Gasteiger partial charge in [-0.3, -0.25) is 0 Å². The number of hydrogen-bond donors (Lipinski definition) is 1. The Balaban J connectivity index is 3.62. The summed E-state index contributed by atoms with van der Waals surface area (Å²) >= 11 is 0. The standard InChI is InChI=1S/C11H20O/c1-5-6-7-11(12)10(4)8-9(2)3/h1,9-12H,6-8H2,2-4H3. The normalized spacial score (nSPS) is 15.7. The van der Waals surface area contributed by atoms with Crippen molar-refractivity contribution in [3.8, 4) is 12.3 Å². The Bertz CT molecular complexity index is 144. The van der Waals surface area contributed by atoms with Crippen LogP contribution < -0.4 is 0 Å². The molecule has 0 radical (unpaired) electrons. The molecule has 1 N–H and O–H groups in total. The molecule has 1 heteroatoms. The minimum atomic E-state index is -0.219. The van der Waals surface area contributed by atoms with Crippen molar-refractivity contribution in [2.24, 2.45) is 11.8 Å². The molecule has 0 aliphatic carbocycles. The van der Waals surface area contributed by atoms with Gasteiger partial charge in [0.1, 0.15) is 0 Å². The quantitative estimate of drug-likeness (QED) is 0.625. The molecule has 0 aliphatic heterocycles. The minimum absolute atomic E-state index is 0.219. The third-order valence-corrected chi connectivity index (χ3v) is 2.08. The predicted molar refractivity (Wildman–Crippen MR) is 52.7 cm³/mol. The maximum Gasteiger partial charge on any atom is 0.0574 e. The maximum absolute atomic E-state index is 9.60. The summed E-state index contributed by atoms with van der Waals surface area (Å²) in [6.45, 7) is 6.43. The molecule has 2 atom stereocenters. The van der Waals surface area contributed by atoms with E-state index >= 15 is 0 Å². The lowest BCUT2D eigenvalue weighted by Crippen LogP contribution is -2.18. The van der Waals surface area contributed by atoms with Crippen LogP contribution in [0.1, 0.15) is 40.0 Å². The molecule has 0 bridgehead atoms. The van der Waals surface area contributed by atoms with Crippen molar-refractivity contribution < 1.29 is 5.11 Å². The highest BCUT2D eigenvalue weighted by atomic mass is 16.3. The van der Waals surface area contributed by atoms with Crippen molar-refractivity contribution in [2.75, 3.05) is 0 Å². The summed E-state index contributed by atoms with van der Waals surface area (Å²) in [4.78, 5) is 0. The lowest BCUT2D eigenvalue weighted by atomic mass is 9.92. The minimum Gasteiger partial charge on any atom is -0.393 e. The van der Waals surface area contributed by atoms with Gasteiger partial charge in [-0.25, -0.2) is 0 Å². The Morgan fingerprint density at radius 1 is 1.33 bits per heavy atom. The predicted octanol–water partition coefficient (Wildman–Crippen LogP) is 2.44. The van der Waals surface area contributed by atoms with Gasteiger partial charge in [0.15, 0.2) is 0 Å². The largest absolute Gasteiger partial charge is 0.393 e. The Labute approximate surface area is 76.2 Å². The van der Waals surface area contributed by atoms with Gasteiger partial charge in [-0.1, -0.05) is 20.8 Å². The van der Waals surface area contributed by atoms with Gasteiger partial charge in [0.2, 0.25) is 0 Å². The summed E-state index contributed by atoms with van der Waals surface area (Å²) in [5, 5.41) is 9.60. The Kier molecular flexibility index (Phi) is 5.84. The zero-order valence-corrected chi connectivity index (χ0v) is 8.38. The molecule has 12 heavy (non-hydrogen) atoms. The van der Waals surface area contributed by atoms with Crippen LogP contribution in [-0.2, 0) is 0 Å². The molecule has 0 saturated carbocycles. The van der Waals surface area contributed by atoms with Crippen molar-refractivity contribution >= 4 is 0 Å². The van der Waals surface area contributed by atoms with Gasteiger partial charge in [0.05, 0.1) is 6.10 Å². The van der Waals surface area contributed by atoms with Crippen LogP contribution in [0.3, 0.4) is 0 Å². The molecule has 70 valence electrons. The van der Waals surface area contributed by atoms with Crippen LogP contribution in [0.15, 0.2) is 0 Å². The highest BCUT2D eigenvalue weighted by molar-refractivity contribution is 4.85. The zero-order chi connectivity index (χ0) is 9.56. The van der Waals surface area contributed by atoms with E-state index < -0.39 is 0 Å². The Morgan fingerprint density at radius 3 is 2.33 bits per heavy atom. The fourth-order valence-corrected chi connectivity index (χ4v) is 1.42. The summed E-state index contributed by atoms with van der Waals surface area (Å²) in [6.07, 6.45) is 7.40. The number of aliphatic hydroxyl groups excluding tert-OH is 1. The first-order chi connectivity index (χ1) is 5.57. The van der Waals surface area contributed by atoms with Crippen molar-refractivity contribution in [1.29, 1.82) is 0 Å². The molecule has 0 aliphatic rings. The molecule has 0 aromatic heterocycles. The molecule has 0 rings (SSSR count). The molecule has 0 aromatic carbocycles.